The Morgan fingerprint density at radius 2 is 1.66 bits per heavy atom. The van der Waals surface area contributed by atoms with Gasteiger partial charge in [0, 0.05) is 30.1 Å². The lowest BCUT2D eigenvalue weighted by molar-refractivity contribution is -0.119. The highest BCUT2D eigenvalue weighted by molar-refractivity contribution is 6.37. The topological polar surface area (TPSA) is 83.1 Å². The number of hydrogen-bond acceptors (Lipinski definition) is 6. The summed E-state index contributed by atoms with van der Waals surface area (Å²) in [5.74, 6) is 1.02. The van der Waals surface area contributed by atoms with E-state index in [1.807, 2.05) is 79.7 Å². The molecule has 2 aliphatic heterocycles. The molecule has 0 aromatic heterocycles. The molecule has 5 rings (SSSR count). The molecule has 2 N–H and O–H groups in total. The minimum Gasteiger partial charge on any atom is -0.454 e. The van der Waals surface area contributed by atoms with Crippen LogP contribution in [0.5, 0.6) is 11.5 Å². The standard InChI is InChI=1S/C27H26N4O4/c1-30(2)15-24(32)31(3)19-11-9-18(10-12-19)28-26(17-7-5-4-6-8-17)25-20-13-22-23(35-16-34-22)14-21(20)29-27(25)33/h4-14,28H,15-16H2,1-3H3,(H,29,33)/b26-25-. The molecule has 0 fully saturated rings. The molecule has 35 heavy (non-hydrogen) atoms. The van der Waals surface area contributed by atoms with E-state index in [1.165, 1.54) is 0 Å². The largest absolute Gasteiger partial charge is 0.454 e. The number of amides is 2. The maximum atomic E-state index is 13.1. The van der Waals surface area contributed by atoms with Gasteiger partial charge in [-0.05, 0) is 50.0 Å². The monoisotopic (exact) mass is 470 g/mol. The van der Waals surface area contributed by atoms with E-state index < -0.39 is 0 Å². The summed E-state index contributed by atoms with van der Waals surface area (Å²) in [5.41, 5.74) is 5.06. The Labute approximate surface area is 203 Å². The average molecular weight is 471 g/mol. The second-order valence-corrected chi connectivity index (χ2v) is 8.68. The van der Waals surface area contributed by atoms with Gasteiger partial charge in [0.05, 0.1) is 23.5 Å². The van der Waals surface area contributed by atoms with E-state index in [9.17, 15) is 9.59 Å². The molecule has 8 nitrogen and oxygen atoms in total. The lowest BCUT2D eigenvalue weighted by Gasteiger charge is -2.20. The van der Waals surface area contributed by atoms with Crippen molar-refractivity contribution in [1.29, 1.82) is 0 Å². The third-order valence-corrected chi connectivity index (χ3v) is 5.92. The van der Waals surface area contributed by atoms with Crippen LogP contribution < -0.4 is 25.0 Å². The second-order valence-electron chi connectivity index (χ2n) is 8.68. The van der Waals surface area contributed by atoms with Gasteiger partial charge < -0.3 is 29.9 Å². The molecule has 8 heteroatoms. The van der Waals surface area contributed by atoms with Crippen LogP contribution in [0.25, 0.3) is 11.3 Å². The highest BCUT2D eigenvalue weighted by atomic mass is 16.7. The van der Waals surface area contributed by atoms with Gasteiger partial charge in [-0.2, -0.15) is 0 Å². The number of anilines is 3. The predicted molar refractivity (Wildman–Crippen MR) is 136 cm³/mol. The first-order chi connectivity index (χ1) is 16.9. The van der Waals surface area contributed by atoms with Crippen LogP contribution in [0, 0.1) is 0 Å². The molecule has 0 atom stereocenters. The summed E-state index contributed by atoms with van der Waals surface area (Å²) in [6.45, 7) is 0.487. The molecule has 3 aromatic rings. The van der Waals surface area contributed by atoms with Crippen LogP contribution in [-0.2, 0) is 9.59 Å². The Bertz CT molecular complexity index is 1320. The van der Waals surface area contributed by atoms with Crippen molar-refractivity contribution in [2.75, 3.05) is 50.0 Å². The second kappa shape index (κ2) is 9.15. The fourth-order valence-corrected chi connectivity index (χ4v) is 4.12. The number of benzene rings is 3. The van der Waals surface area contributed by atoms with Gasteiger partial charge >= 0.3 is 0 Å². The molecule has 2 heterocycles. The van der Waals surface area contributed by atoms with E-state index in [2.05, 4.69) is 10.6 Å². The van der Waals surface area contributed by atoms with Crippen LogP contribution in [0.4, 0.5) is 17.1 Å². The van der Waals surface area contributed by atoms with Crippen LogP contribution in [0.1, 0.15) is 11.1 Å². The smallest absolute Gasteiger partial charge is 0.258 e. The van der Waals surface area contributed by atoms with Crippen LogP contribution in [-0.4, -0.2) is 51.2 Å². The third kappa shape index (κ3) is 4.43. The molecule has 2 amide bonds. The van der Waals surface area contributed by atoms with E-state index in [0.717, 1.165) is 22.5 Å². The molecule has 2 aliphatic rings. The Morgan fingerprint density at radius 1 is 0.971 bits per heavy atom. The van der Waals surface area contributed by atoms with Gasteiger partial charge in [-0.15, -0.1) is 0 Å². The van der Waals surface area contributed by atoms with Crippen molar-refractivity contribution in [3.63, 3.8) is 0 Å². The van der Waals surface area contributed by atoms with Gasteiger partial charge in [0.2, 0.25) is 12.7 Å². The average Bonchev–Trinajstić information content (AvgIpc) is 3.43. The number of hydrogen-bond donors (Lipinski definition) is 2. The van der Waals surface area contributed by atoms with Crippen molar-refractivity contribution in [3.05, 3.63) is 77.9 Å². The number of carbonyl (C=O) groups is 2. The molecule has 0 unspecified atom stereocenters. The third-order valence-electron chi connectivity index (χ3n) is 5.92. The maximum Gasteiger partial charge on any atom is 0.258 e. The van der Waals surface area contributed by atoms with Crippen molar-refractivity contribution >= 4 is 40.1 Å². The van der Waals surface area contributed by atoms with Gasteiger partial charge in [-0.3, -0.25) is 9.59 Å². The number of rotatable bonds is 6. The highest BCUT2D eigenvalue weighted by Crippen LogP contribution is 2.45. The van der Waals surface area contributed by atoms with Crippen molar-refractivity contribution in [2.24, 2.45) is 0 Å². The van der Waals surface area contributed by atoms with Crippen molar-refractivity contribution in [1.82, 2.24) is 4.90 Å². The molecule has 0 bridgehead atoms. The molecule has 178 valence electrons. The first-order valence-electron chi connectivity index (χ1n) is 11.2. The molecule has 0 aliphatic carbocycles. The summed E-state index contributed by atoms with van der Waals surface area (Å²) in [7, 11) is 5.49. The van der Waals surface area contributed by atoms with Gasteiger partial charge in [0.25, 0.3) is 5.91 Å². The Kier molecular flexibility index (Phi) is 5.88. The maximum absolute atomic E-state index is 13.1. The fourth-order valence-electron chi connectivity index (χ4n) is 4.12. The summed E-state index contributed by atoms with van der Waals surface area (Å²) in [6, 6.07) is 20.9. The van der Waals surface area contributed by atoms with Gasteiger partial charge in [0.1, 0.15) is 0 Å². The lowest BCUT2D eigenvalue weighted by atomic mass is 9.99. The highest BCUT2D eigenvalue weighted by Gasteiger charge is 2.31. The predicted octanol–water partition coefficient (Wildman–Crippen LogP) is 3.87. The Morgan fingerprint density at radius 3 is 2.34 bits per heavy atom. The van der Waals surface area contributed by atoms with E-state index in [0.29, 0.717) is 35.0 Å². The number of carbonyl (C=O) groups excluding carboxylic acids is 2. The van der Waals surface area contributed by atoms with Crippen molar-refractivity contribution in [3.8, 4) is 11.5 Å². The minimum absolute atomic E-state index is 0.000709. The lowest BCUT2D eigenvalue weighted by Crippen LogP contribution is -2.34. The van der Waals surface area contributed by atoms with Crippen LogP contribution in [0.2, 0.25) is 0 Å². The summed E-state index contributed by atoms with van der Waals surface area (Å²) in [5, 5.41) is 6.38. The van der Waals surface area contributed by atoms with E-state index >= 15 is 0 Å². The molecule has 0 radical (unpaired) electrons. The van der Waals surface area contributed by atoms with Gasteiger partial charge in [-0.1, -0.05) is 30.3 Å². The van der Waals surface area contributed by atoms with Crippen molar-refractivity contribution < 1.29 is 19.1 Å². The summed E-state index contributed by atoms with van der Waals surface area (Å²) < 4.78 is 11.0. The SMILES string of the molecule is CN(C)CC(=O)N(C)c1ccc(N/C(=C2\C(=O)Nc3cc4c(cc32)OCO4)c2ccccc2)cc1. The quantitative estimate of drug-likeness (QED) is 0.532. The van der Waals surface area contributed by atoms with Crippen LogP contribution >= 0.6 is 0 Å². The number of nitrogens with one attached hydrogen (secondary N) is 2. The first kappa shape index (κ1) is 22.5. The summed E-state index contributed by atoms with van der Waals surface area (Å²) in [4.78, 5) is 29.0. The molecule has 0 spiro atoms. The van der Waals surface area contributed by atoms with E-state index in [4.69, 9.17) is 9.47 Å². The van der Waals surface area contributed by atoms with E-state index in [1.54, 1.807) is 18.0 Å². The first-order valence-corrected chi connectivity index (χ1v) is 11.2. The normalized spacial score (nSPS) is 15.0. The van der Waals surface area contributed by atoms with Crippen LogP contribution in [0.15, 0.2) is 66.7 Å². The summed E-state index contributed by atoms with van der Waals surface area (Å²) in [6.07, 6.45) is 0. The number of fused-ring (bicyclic) bond motifs is 2. The van der Waals surface area contributed by atoms with Gasteiger partial charge in [0.15, 0.2) is 11.5 Å². The Hall–Kier alpha value is -4.30. The minimum atomic E-state index is -0.208. The van der Waals surface area contributed by atoms with Crippen LogP contribution in [0.3, 0.4) is 0 Å². The zero-order chi connectivity index (χ0) is 24.5. The number of ether oxygens (including phenoxy) is 2. The zero-order valence-corrected chi connectivity index (χ0v) is 19.8. The molecule has 0 saturated carbocycles. The molecule has 0 saturated heterocycles. The zero-order valence-electron chi connectivity index (χ0n) is 19.8. The molecule has 3 aromatic carbocycles. The summed E-state index contributed by atoms with van der Waals surface area (Å²) >= 11 is 0. The van der Waals surface area contributed by atoms with Crippen molar-refractivity contribution in [2.45, 2.75) is 0 Å². The van der Waals surface area contributed by atoms with Gasteiger partial charge in [-0.25, -0.2) is 0 Å². The fraction of sp³-hybridized carbons (Fsp3) is 0.185. The number of likely N-dealkylation sites (N-methyl/N-ethyl adjacent to an activating group) is 2. The molecular weight excluding hydrogens is 444 g/mol. The molecular formula is C27H26N4O4. The Balaban J connectivity index is 1.52. The number of nitrogens with zero attached hydrogens (tertiary/aromatic N) is 2. The van der Waals surface area contributed by atoms with E-state index in [-0.39, 0.29) is 18.6 Å².